The lowest BCUT2D eigenvalue weighted by atomic mass is 10.1. The van der Waals surface area contributed by atoms with E-state index in [9.17, 15) is 14.4 Å². The SMILES string of the molecule is COC(=O)c1ccc(NC(=O)COC(=O)c2c(C)nn(Cc3ccc(C)cc3)c2Cl)cc1. The molecule has 3 aromatic rings. The van der Waals surface area contributed by atoms with Gasteiger partial charge in [0.25, 0.3) is 5.91 Å². The Hall–Kier alpha value is -3.65. The number of aryl methyl sites for hydroxylation is 2. The van der Waals surface area contributed by atoms with E-state index in [-0.39, 0.29) is 10.7 Å². The maximum Gasteiger partial charge on any atom is 0.343 e. The molecule has 0 fully saturated rings. The highest BCUT2D eigenvalue weighted by Gasteiger charge is 2.22. The highest BCUT2D eigenvalue weighted by molar-refractivity contribution is 6.32. The van der Waals surface area contributed by atoms with Gasteiger partial charge in [-0.05, 0) is 43.7 Å². The first-order chi connectivity index (χ1) is 15.3. The summed E-state index contributed by atoms with van der Waals surface area (Å²) in [6, 6.07) is 14.0. The van der Waals surface area contributed by atoms with Crippen LogP contribution in [0.15, 0.2) is 48.5 Å². The van der Waals surface area contributed by atoms with Crippen LogP contribution in [-0.4, -0.2) is 41.3 Å². The van der Waals surface area contributed by atoms with E-state index in [2.05, 4.69) is 15.2 Å². The van der Waals surface area contributed by atoms with Crippen molar-refractivity contribution in [3.63, 3.8) is 0 Å². The number of methoxy groups -OCH3 is 1. The topological polar surface area (TPSA) is 99.5 Å². The second kappa shape index (κ2) is 10.1. The number of carbonyl (C=O) groups is 3. The van der Waals surface area contributed by atoms with E-state index in [0.717, 1.165) is 11.1 Å². The Morgan fingerprint density at radius 2 is 1.66 bits per heavy atom. The molecule has 3 rings (SSSR count). The standard InChI is InChI=1S/C23H22ClN3O5/c1-14-4-6-16(7-5-14)12-27-21(24)20(15(2)26-27)23(30)32-13-19(28)25-18-10-8-17(9-11-18)22(29)31-3/h4-11H,12-13H2,1-3H3,(H,25,28). The quantitative estimate of drug-likeness (QED) is 0.544. The fourth-order valence-corrected chi connectivity index (χ4v) is 3.28. The number of nitrogens with one attached hydrogen (secondary N) is 1. The first-order valence-corrected chi connectivity index (χ1v) is 10.1. The van der Waals surface area contributed by atoms with Crippen molar-refractivity contribution in [3.05, 3.63) is 81.6 Å². The molecule has 0 aliphatic heterocycles. The average Bonchev–Trinajstić information content (AvgIpc) is 3.06. The molecule has 0 unspecified atom stereocenters. The van der Waals surface area contributed by atoms with Crippen molar-refractivity contribution in [2.24, 2.45) is 0 Å². The van der Waals surface area contributed by atoms with Gasteiger partial charge in [0.05, 0.1) is 24.9 Å². The van der Waals surface area contributed by atoms with Crippen LogP contribution in [-0.2, 0) is 20.8 Å². The molecule has 8 nitrogen and oxygen atoms in total. The molecule has 1 amide bonds. The first kappa shape index (κ1) is 23.0. The zero-order chi connectivity index (χ0) is 23.3. The predicted molar refractivity (Wildman–Crippen MR) is 119 cm³/mol. The molecule has 0 atom stereocenters. The molecule has 0 saturated heterocycles. The van der Waals surface area contributed by atoms with E-state index in [1.165, 1.54) is 23.9 Å². The normalized spacial score (nSPS) is 10.5. The number of anilines is 1. The number of halogens is 1. The van der Waals surface area contributed by atoms with Crippen molar-refractivity contribution in [2.75, 3.05) is 19.0 Å². The molecule has 1 aromatic heterocycles. The van der Waals surface area contributed by atoms with Crippen LogP contribution < -0.4 is 5.32 Å². The Balaban J connectivity index is 1.59. The van der Waals surface area contributed by atoms with Gasteiger partial charge in [-0.25, -0.2) is 14.3 Å². The van der Waals surface area contributed by atoms with Crippen LogP contribution in [0.4, 0.5) is 5.69 Å². The third-order valence-electron chi connectivity index (χ3n) is 4.65. The van der Waals surface area contributed by atoms with Gasteiger partial charge in [0.1, 0.15) is 10.7 Å². The molecule has 0 spiro atoms. The Kier molecular flexibility index (Phi) is 7.27. The molecular formula is C23H22ClN3O5. The number of carbonyl (C=O) groups excluding carboxylic acids is 3. The van der Waals surface area contributed by atoms with Gasteiger partial charge in [0.2, 0.25) is 0 Å². The number of ether oxygens (including phenoxy) is 2. The molecule has 0 aliphatic carbocycles. The second-order valence-corrected chi connectivity index (χ2v) is 7.45. The Morgan fingerprint density at radius 3 is 2.28 bits per heavy atom. The van der Waals surface area contributed by atoms with E-state index in [1.807, 2.05) is 31.2 Å². The van der Waals surface area contributed by atoms with Crippen LogP contribution in [0.5, 0.6) is 0 Å². The van der Waals surface area contributed by atoms with Gasteiger partial charge in [-0.1, -0.05) is 41.4 Å². The summed E-state index contributed by atoms with van der Waals surface area (Å²) in [6.07, 6.45) is 0. The molecule has 0 bridgehead atoms. The predicted octanol–water partition coefficient (Wildman–Crippen LogP) is 3.78. The number of esters is 2. The van der Waals surface area contributed by atoms with Gasteiger partial charge in [0, 0.05) is 5.69 Å². The molecule has 0 aliphatic rings. The van der Waals surface area contributed by atoms with E-state index < -0.39 is 24.5 Å². The monoisotopic (exact) mass is 455 g/mol. The first-order valence-electron chi connectivity index (χ1n) is 9.72. The van der Waals surface area contributed by atoms with Crippen LogP contribution in [0, 0.1) is 13.8 Å². The van der Waals surface area contributed by atoms with E-state index >= 15 is 0 Å². The third kappa shape index (κ3) is 5.53. The zero-order valence-electron chi connectivity index (χ0n) is 17.8. The number of nitrogens with zero attached hydrogens (tertiary/aromatic N) is 2. The minimum absolute atomic E-state index is 0.119. The number of hydrogen-bond acceptors (Lipinski definition) is 6. The van der Waals surface area contributed by atoms with Gasteiger partial charge >= 0.3 is 11.9 Å². The lowest BCUT2D eigenvalue weighted by Crippen LogP contribution is -2.21. The third-order valence-corrected chi connectivity index (χ3v) is 5.03. The Morgan fingerprint density at radius 1 is 1.00 bits per heavy atom. The van der Waals surface area contributed by atoms with Crippen LogP contribution in [0.3, 0.4) is 0 Å². The summed E-state index contributed by atoms with van der Waals surface area (Å²) in [5.41, 5.74) is 3.44. The second-order valence-electron chi connectivity index (χ2n) is 7.09. The summed E-state index contributed by atoms with van der Waals surface area (Å²) in [6.45, 7) is 3.54. The van der Waals surface area contributed by atoms with Crippen LogP contribution in [0.25, 0.3) is 0 Å². The fraction of sp³-hybridized carbons (Fsp3) is 0.217. The van der Waals surface area contributed by atoms with Crippen molar-refractivity contribution in [1.82, 2.24) is 9.78 Å². The van der Waals surface area contributed by atoms with Gasteiger partial charge in [-0.3, -0.25) is 4.79 Å². The molecule has 1 heterocycles. The van der Waals surface area contributed by atoms with Crippen molar-refractivity contribution < 1.29 is 23.9 Å². The summed E-state index contributed by atoms with van der Waals surface area (Å²) >= 11 is 6.36. The molecule has 0 radical (unpaired) electrons. The van der Waals surface area contributed by atoms with Crippen molar-refractivity contribution >= 4 is 35.1 Å². The van der Waals surface area contributed by atoms with Crippen LogP contribution in [0.2, 0.25) is 5.15 Å². The molecule has 166 valence electrons. The molecule has 0 saturated carbocycles. The Bertz CT molecular complexity index is 1140. The summed E-state index contributed by atoms with van der Waals surface area (Å²) in [7, 11) is 1.28. The summed E-state index contributed by atoms with van der Waals surface area (Å²) in [5.74, 6) is -1.75. The number of hydrogen-bond donors (Lipinski definition) is 1. The van der Waals surface area contributed by atoms with Crippen LogP contribution >= 0.6 is 11.6 Å². The molecule has 1 N–H and O–H groups in total. The van der Waals surface area contributed by atoms with Crippen molar-refractivity contribution in [2.45, 2.75) is 20.4 Å². The van der Waals surface area contributed by atoms with Crippen LogP contribution in [0.1, 0.15) is 37.5 Å². The van der Waals surface area contributed by atoms with Gasteiger partial charge in [-0.15, -0.1) is 0 Å². The highest BCUT2D eigenvalue weighted by Crippen LogP contribution is 2.22. The molecule has 9 heteroatoms. The highest BCUT2D eigenvalue weighted by atomic mass is 35.5. The Labute approximate surface area is 190 Å². The van der Waals surface area contributed by atoms with Gasteiger partial charge in [-0.2, -0.15) is 5.10 Å². The molecular weight excluding hydrogens is 434 g/mol. The number of amides is 1. The van der Waals surface area contributed by atoms with Crippen molar-refractivity contribution in [3.8, 4) is 0 Å². The molecule has 2 aromatic carbocycles. The van der Waals surface area contributed by atoms with E-state index in [4.69, 9.17) is 16.3 Å². The van der Waals surface area contributed by atoms with Gasteiger partial charge < -0.3 is 14.8 Å². The largest absolute Gasteiger partial charge is 0.465 e. The molecule has 32 heavy (non-hydrogen) atoms. The van der Waals surface area contributed by atoms with Crippen molar-refractivity contribution in [1.29, 1.82) is 0 Å². The lowest BCUT2D eigenvalue weighted by molar-refractivity contribution is -0.119. The van der Waals surface area contributed by atoms with E-state index in [0.29, 0.717) is 23.5 Å². The number of aromatic nitrogens is 2. The fourth-order valence-electron chi connectivity index (χ4n) is 2.96. The number of rotatable bonds is 7. The van der Waals surface area contributed by atoms with E-state index in [1.54, 1.807) is 19.1 Å². The number of benzene rings is 2. The maximum absolute atomic E-state index is 12.5. The minimum atomic E-state index is -0.737. The summed E-state index contributed by atoms with van der Waals surface area (Å²) in [5, 5.41) is 7.05. The summed E-state index contributed by atoms with van der Waals surface area (Å²) in [4.78, 5) is 36.1. The average molecular weight is 456 g/mol. The zero-order valence-corrected chi connectivity index (χ0v) is 18.6. The lowest BCUT2D eigenvalue weighted by Gasteiger charge is -2.07. The summed E-state index contributed by atoms with van der Waals surface area (Å²) < 4.78 is 11.3. The smallest absolute Gasteiger partial charge is 0.343 e. The van der Waals surface area contributed by atoms with Gasteiger partial charge in [0.15, 0.2) is 6.61 Å². The maximum atomic E-state index is 12.5. The minimum Gasteiger partial charge on any atom is -0.465 e.